The largest absolute Gasteiger partial charge is 0.473 e. The van der Waals surface area contributed by atoms with Crippen LogP contribution in [-0.4, -0.2) is 9.78 Å². The predicted molar refractivity (Wildman–Crippen MR) is 98.5 cm³/mol. The fourth-order valence-electron chi connectivity index (χ4n) is 3.34. The summed E-state index contributed by atoms with van der Waals surface area (Å²) in [5.74, 6) is 0.175. The molecule has 3 rings (SSSR count). The highest BCUT2D eigenvalue weighted by atomic mass is 35.5. The topological polar surface area (TPSA) is 27.1 Å². The average Bonchev–Trinajstić information content (AvgIpc) is 2.98. The van der Waals surface area contributed by atoms with E-state index in [9.17, 15) is 4.39 Å². The van der Waals surface area contributed by atoms with E-state index >= 15 is 0 Å². The van der Waals surface area contributed by atoms with Crippen LogP contribution < -0.4 is 4.74 Å². The molecule has 0 saturated heterocycles. The number of nitrogens with zero attached hydrogens (tertiary/aromatic N) is 2. The van der Waals surface area contributed by atoms with Crippen molar-refractivity contribution in [2.75, 3.05) is 0 Å². The van der Waals surface area contributed by atoms with Crippen LogP contribution in [0.25, 0.3) is 0 Å². The van der Waals surface area contributed by atoms with E-state index in [1.807, 2.05) is 0 Å². The van der Waals surface area contributed by atoms with Crippen molar-refractivity contribution in [3.05, 3.63) is 46.4 Å². The Morgan fingerprint density at radius 3 is 2.88 bits per heavy atom. The third kappa shape index (κ3) is 4.97. The van der Waals surface area contributed by atoms with Gasteiger partial charge in [-0.05, 0) is 43.4 Å². The maximum Gasteiger partial charge on any atom is 0.212 e. The van der Waals surface area contributed by atoms with Crippen LogP contribution in [0.1, 0.15) is 59.4 Å². The molecule has 0 unspecified atom stereocenters. The Morgan fingerprint density at radius 2 is 2.12 bits per heavy atom. The average molecular weight is 367 g/mol. The lowest BCUT2D eigenvalue weighted by Crippen LogP contribution is -2.16. The number of hydrogen-bond acceptors (Lipinski definition) is 2. The fraction of sp³-hybridized carbons (Fsp3) is 0.550. The van der Waals surface area contributed by atoms with Crippen LogP contribution in [0.3, 0.4) is 0 Å². The third-order valence-corrected chi connectivity index (χ3v) is 4.88. The molecule has 1 aliphatic carbocycles. The zero-order chi connectivity index (χ0) is 19.4. The first-order valence-corrected chi connectivity index (χ1v) is 9.48. The molecule has 1 aliphatic rings. The Bertz CT molecular complexity index is 775. The smallest absolute Gasteiger partial charge is 0.212 e. The van der Waals surface area contributed by atoms with Gasteiger partial charge in [0.2, 0.25) is 5.88 Å². The molecule has 0 aliphatic heterocycles. The van der Waals surface area contributed by atoms with Crippen molar-refractivity contribution in [1.29, 1.82) is 0 Å². The summed E-state index contributed by atoms with van der Waals surface area (Å²) in [6.45, 7) is 0.428. The van der Waals surface area contributed by atoms with Crippen LogP contribution in [-0.2, 0) is 19.5 Å². The maximum absolute atomic E-state index is 14.2. The lowest BCUT2D eigenvalue weighted by Gasteiger charge is -2.22. The van der Waals surface area contributed by atoms with Crippen molar-refractivity contribution in [1.82, 2.24) is 9.78 Å². The van der Waals surface area contributed by atoms with Crippen molar-refractivity contribution in [2.45, 2.75) is 65.0 Å². The summed E-state index contributed by atoms with van der Waals surface area (Å²) >= 11 is 5.92. The van der Waals surface area contributed by atoms with E-state index < -0.39 is 12.4 Å². The normalized spacial score (nSPS) is 17.2. The van der Waals surface area contributed by atoms with Gasteiger partial charge >= 0.3 is 0 Å². The van der Waals surface area contributed by atoms with E-state index in [0.29, 0.717) is 18.3 Å². The van der Waals surface area contributed by atoms with Gasteiger partial charge in [0.1, 0.15) is 12.4 Å². The molecule has 5 heteroatoms. The molecule has 3 nitrogen and oxygen atoms in total. The molecule has 0 amide bonds. The lowest BCUT2D eigenvalue weighted by atomic mass is 9.89. The van der Waals surface area contributed by atoms with E-state index in [0.717, 1.165) is 37.4 Å². The van der Waals surface area contributed by atoms with Crippen LogP contribution in [0, 0.1) is 11.7 Å². The van der Waals surface area contributed by atoms with Crippen molar-refractivity contribution in [2.24, 2.45) is 5.92 Å². The maximum atomic E-state index is 14.2. The quantitative estimate of drug-likeness (QED) is 0.620. The van der Waals surface area contributed by atoms with Crippen LogP contribution in [0.4, 0.5) is 4.39 Å². The minimum absolute atomic E-state index is 0.211. The first-order chi connectivity index (χ1) is 12.9. The standard InChI is InChI=1S/C20H26ClFN2O/c1-2-6-18-12-20(24(23-18)13-15-7-4-3-5-8-15)25-14-16-11-17(21)9-10-19(16)22/h9-12,15H,2-8,13-14H2,1H3/i14D2. The Hall–Kier alpha value is -1.55. The van der Waals surface area contributed by atoms with Crippen molar-refractivity contribution < 1.29 is 11.9 Å². The van der Waals surface area contributed by atoms with Crippen LogP contribution in [0.5, 0.6) is 5.88 Å². The van der Waals surface area contributed by atoms with Gasteiger partial charge in [0.05, 0.1) is 8.44 Å². The number of hydrogen-bond donors (Lipinski definition) is 0. The molecule has 136 valence electrons. The second-order valence-corrected chi connectivity index (χ2v) is 7.17. The molecule has 0 bridgehead atoms. The second-order valence-electron chi connectivity index (χ2n) is 6.74. The van der Waals surface area contributed by atoms with Gasteiger partial charge in [-0.3, -0.25) is 0 Å². The third-order valence-electron chi connectivity index (χ3n) is 4.65. The number of benzene rings is 1. The lowest BCUT2D eigenvalue weighted by molar-refractivity contribution is 0.242. The number of ether oxygens (including phenoxy) is 1. The molecule has 0 radical (unpaired) electrons. The van der Waals surface area contributed by atoms with E-state index in [-0.39, 0.29) is 10.6 Å². The van der Waals surface area contributed by atoms with E-state index in [2.05, 4.69) is 12.0 Å². The summed E-state index contributed by atoms with van der Waals surface area (Å²) < 4.78 is 38.1. The summed E-state index contributed by atoms with van der Waals surface area (Å²) in [6.07, 6.45) is 7.75. The minimum atomic E-state index is -2.34. The number of aromatic nitrogens is 2. The van der Waals surface area contributed by atoms with E-state index in [4.69, 9.17) is 19.1 Å². The van der Waals surface area contributed by atoms with Crippen LogP contribution in [0.2, 0.25) is 5.02 Å². The zero-order valence-electron chi connectivity index (χ0n) is 16.6. The molecule has 1 fully saturated rings. The van der Waals surface area contributed by atoms with Gasteiger partial charge in [0.25, 0.3) is 0 Å². The van der Waals surface area contributed by atoms with Gasteiger partial charge in [0, 0.05) is 23.2 Å². The Morgan fingerprint density at radius 1 is 1.32 bits per heavy atom. The summed E-state index contributed by atoms with van der Waals surface area (Å²) in [5, 5.41) is 4.88. The zero-order valence-corrected chi connectivity index (χ0v) is 15.4. The minimum Gasteiger partial charge on any atom is -0.473 e. The monoisotopic (exact) mass is 366 g/mol. The van der Waals surface area contributed by atoms with E-state index in [1.54, 1.807) is 10.7 Å². The highest BCUT2D eigenvalue weighted by molar-refractivity contribution is 6.30. The molecule has 1 saturated carbocycles. The molecule has 25 heavy (non-hydrogen) atoms. The van der Waals surface area contributed by atoms with Gasteiger partial charge in [-0.15, -0.1) is 0 Å². The first-order valence-electron chi connectivity index (χ1n) is 10.1. The van der Waals surface area contributed by atoms with Gasteiger partial charge in [-0.1, -0.05) is 44.2 Å². The Labute approximate surface area is 156 Å². The van der Waals surface area contributed by atoms with Crippen LogP contribution in [0.15, 0.2) is 24.3 Å². The highest BCUT2D eigenvalue weighted by Gasteiger charge is 2.18. The number of aryl methyl sites for hydroxylation is 1. The van der Waals surface area contributed by atoms with Gasteiger partial charge in [0.15, 0.2) is 0 Å². The molecule has 1 aromatic carbocycles. The molecule has 0 N–H and O–H groups in total. The van der Waals surface area contributed by atoms with Gasteiger partial charge in [-0.25, -0.2) is 9.07 Å². The summed E-state index contributed by atoms with van der Waals surface area (Å²) in [4.78, 5) is 0. The van der Waals surface area contributed by atoms with Crippen molar-refractivity contribution in [3.63, 3.8) is 0 Å². The van der Waals surface area contributed by atoms with Gasteiger partial charge < -0.3 is 4.74 Å². The molecule has 1 heterocycles. The van der Waals surface area contributed by atoms with Crippen molar-refractivity contribution in [3.8, 4) is 5.88 Å². The highest BCUT2D eigenvalue weighted by Crippen LogP contribution is 2.27. The number of halogens is 2. The first kappa shape index (κ1) is 15.7. The fourth-order valence-corrected chi connectivity index (χ4v) is 3.51. The molecular weight excluding hydrogens is 339 g/mol. The van der Waals surface area contributed by atoms with Gasteiger partial charge in [-0.2, -0.15) is 5.10 Å². The Kier molecular flexibility index (Phi) is 5.46. The number of rotatable bonds is 7. The molecule has 0 spiro atoms. The summed E-state index contributed by atoms with van der Waals surface area (Å²) in [5.41, 5.74) is 0.656. The second kappa shape index (κ2) is 8.70. The summed E-state index contributed by atoms with van der Waals surface area (Å²) in [7, 11) is 0. The van der Waals surface area contributed by atoms with Crippen LogP contribution >= 0.6 is 11.6 Å². The molecule has 2 aromatic rings. The molecular formula is C20H26ClFN2O. The van der Waals surface area contributed by atoms with Crippen molar-refractivity contribution >= 4 is 11.6 Å². The Balaban J connectivity index is 1.86. The van der Waals surface area contributed by atoms with E-state index in [1.165, 1.54) is 31.4 Å². The predicted octanol–water partition coefficient (Wildman–Crippen LogP) is 5.79. The SMILES string of the molecule is [2H]C([2H])(Oc1cc(CCC)nn1CC1CCCCC1)c1cc(Cl)ccc1F. The molecule has 0 atom stereocenters. The molecule has 1 aromatic heterocycles. The summed E-state index contributed by atoms with van der Waals surface area (Å²) in [6, 6.07) is 5.59.